The van der Waals surface area contributed by atoms with E-state index >= 15 is 0 Å². The second-order valence-electron chi connectivity index (χ2n) is 7.66. The number of pyridine rings is 1. The minimum Gasteiger partial charge on any atom is -0.488 e. The fourth-order valence-electron chi connectivity index (χ4n) is 4.21. The van der Waals surface area contributed by atoms with Crippen LogP contribution in [0.15, 0.2) is 48.8 Å². The van der Waals surface area contributed by atoms with E-state index in [9.17, 15) is 4.79 Å². The van der Waals surface area contributed by atoms with Gasteiger partial charge in [-0.05, 0) is 37.1 Å². The normalized spacial score (nSPS) is 23.2. The number of para-hydroxylation sites is 1. The number of likely N-dealkylation sites (tertiary alicyclic amines) is 1. The van der Waals surface area contributed by atoms with Crippen LogP contribution >= 0.6 is 0 Å². The number of benzene rings is 1. The smallest absolute Gasteiger partial charge is 0.219 e. The van der Waals surface area contributed by atoms with E-state index in [0.717, 1.165) is 43.8 Å². The van der Waals surface area contributed by atoms with Crippen LogP contribution < -0.4 is 4.74 Å². The maximum Gasteiger partial charge on any atom is 0.219 e. The van der Waals surface area contributed by atoms with E-state index in [-0.39, 0.29) is 12.0 Å². The molecular weight excluding hydrogens is 338 g/mol. The van der Waals surface area contributed by atoms with Crippen molar-refractivity contribution >= 4 is 5.91 Å². The number of aromatic nitrogens is 1. The third-order valence-electron chi connectivity index (χ3n) is 5.65. The Morgan fingerprint density at radius 1 is 1.22 bits per heavy atom. The summed E-state index contributed by atoms with van der Waals surface area (Å²) in [5.74, 6) is 1.46. The number of hydrogen-bond donors (Lipinski definition) is 0. The maximum atomic E-state index is 12.1. The zero-order valence-corrected chi connectivity index (χ0v) is 15.9. The Kier molecular flexibility index (Phi) is 5.39. The number of fused-ring (bicyclic) bond motifs is 1. The van der Waals surface area contributed by atoms with Crippen molar-refractivity contribution in [2.75, 3.05) is 19.6 Å². The molecule has 2 aliphatic heterocycles. The van der Waals surface area contributed by atoms with Crippen molar-refractivity contribution in [2.45, 2.75) is 39.0 Å². The zero-order chi connectivity index (χ0) is 18.6. The van der Waals surface area contributed by atoms with Crippen molar-refractivity contribution in [1.82, 2.24) is 14.8 Å². The summed E-state index contributed by atoms with van der Waals surface area (Å²) >= 11 is 0. The third kappa shape index (κ3) is 4.30. The van der Waals surface area contributed by atoms with E-state index in [1.807, 2.05) is 41.6 Å². The van der Waals surface area contributed by atoms with E-state index in [2.05, 4.69) is 22.0 Å². The van der Waals surface area contributed by atoms with Crippen LogP contribution in [0, 0.1) is 5.92 Å². The Morgan fingerprint density at radius 3 is 2.93 bits per heavy atom. The van der Waals surface area contributed by atoms with Crippen molar-refractivity contribution in [3.63, 3.8) is 0 Å². The van der Waals surface area contributed by atoms with Gasteiger partial charge in [0.25, 0.3) is 0 Å². The SMILES string of the molecule is CC(=O)N1Cc2ccccc2O[C@H]([C@@H]2CCCN(Cc3cccnc3)C2)C1. The summed E-state index contributed by atoms with van der Waals surface area (Å²) in [5.41, 5.74) is 2.34. The average Bonchev–Trinajstić information content (AvgIpc) is 2.89. The van der Waals surface area contributed by atoms with Gasteiger partial charge in [-0.2, -0.15) is 0 Å². The Labute approximate surface area is 161 Å². The summed E-state index contributed by atoms with van der Waals surface area (Å²) in [6.07, 6.45) is 6.10. The van der Waals surface area contributed by atoms with Gasteiger partial charge in [-0.15, -0.1) is 0 Å². The summed E-state index contributed by atoms with van der Waals surface area (Å²) in [6.45, 7) is 5.97. The monoisotopic (exact) mass is 365 g/mol. The van der Waals surface area contributed by atoms with Gasteiger partial charge >= 0.3 is 0 Å². The summed E-state index contributed by atoms with van der Waals surface area (Å²) in [4.78, 5) is 20.8. The molecule has 4 rings (SSSR count). The van der Waals surface area contributed by atoms with Gasteiger partial charge in [0, 0.05) is 50.4 Å². The number of rotatable bonds is 3. The second kappa shape index (κ2) is 8.09. The molecule has 0 unspecified atom stereocenters. The summed E-state index contributed by atoms with van der Waals surface area (Å²) < 4.78 is 6.44. The molecule has 0 spiro atoms. The standard InChI is InChI=1S/C22H27N3O2/c1-17(26)25-15-20-7-2-3-9-21(20)27-22(16-25)19-8-5-11-24(14-19)13-18-6-4-10-23-12-18/h2-4,6-7,9-10,12,19,22H,5,8,11,13-16H2,1H3/t19-,22+/m1/s1. The lowest BCUT2D eigenvalue weighted by atomic mass is 9.91. The number of hydrogen-bond acceptors (Lipinski definition) is 4. The highest BCUT2D eigenvalue weighted by Gasteiger charge is 2.33. The molecule has 5 heteroatoms. The minimum atomic E-state index is 0.0363. The molecule has 1 aromatic heterocycles. The molecule has 0 aliphatic carbocycles. The number of carbonyl (C=O) groups excluding carboxylic acids is 1. The highest BCUT2D eigenvalue weighted by molar-refractivity contribution is 5.73. The van der Waals surface area contributed by atoms with Gasteiger partial charge in [-0.25, -0.2) is 0 Å². The first-order valence-corrected chi connectivity index (χ1v) is 9.80. The van der Waals surface area contributed by atoms with Gasteiger partial charge in [-0.3, -0.25) is 14.7 Å². The van der Waals surface area contributed by atoms with Crippen LogP contribution in [0.3, 0.4) is 0 Å². The van der Waals surface area contributed by atoms with Crippen molar-refractivity contribution in [3.05, 3.63) is 59.9 Å². The van der Waals surface area contributed by atoms with Gasteiger partial charge in [0.2, 0.25) is 5.91 Å². The van der Waals surface area contributed by atoms with Crippen LogP contribution in [0.4, 0.5) is 0 Å². The topological polar surface area (TPSA) is 45.7 Å². The van der Waals surface area contributed by atoms with E-state index in [1.165, 1.54) is 5.56 Å². The van der Waals surface area contributed by atoms with E-state index in [0.29, 0.717) is 19.0 Å². The Bertz CT molecular complexity index is 780. The van der Waals surface area contributed by atoms with Crippen LogP contribution in [0.1, 0.15) is 30.9 Å². The Hall–Kier alpha value is -2.40. The molecule has 2 aliphatic rings. The van der Waals surface area contributed by atoms with E-state index in [4.69, 9.17) is 4.74 Å². The predicted octanol–water partition coefficient (Wildman–Crippen LogP) is 3.10. The highest BCUT2D eigenvalue weighted by Crippen LogP contribution is 2.30. The van der Waals surface area contributed by atoms with E-state index in [1.54, 1.807) is 6.92 Å². The molecule has 2 aromatic rings. The molecule has 0 bridgehead atoms. The fourth-order valence-corrected chi connectivity index (χ4v) is 4.21. The lowest BCUT2D eigenvalue weighted by Crippen LogP contribution is -2.46. The molecule has 142 valence electrons. The number of ether oxygens (including phenoxy) is 1. The van der Waals surface area contributed by atoms with Gasteiger partial charge in [0.15, 0.2) is 0 Å². The van der Waals surface area contributed by atoms with Crippen molar-refractivity contribution < 1.29 is 9.53 Å². The first-order chi connectivity index (χ1) is 13.2. The Balaban J connectivity index is 1.50. The predicted molar refractivity (Wildman–Crippen MR) is 104 cm³/mol. The van der Waals surface area contributed by atoms with Gasteiger partial charge in [-0.1, -0.05) is 24.3 Å². The van der Waals surface area contributed by atoms with Crippen LogP contribution in [-0.2, 0) is 17.9 Å². The number of amides is 1. The molecule has 1 aromatic carbocycles. The molecule has 3 heterocycles. The van der Waals surface area contributed by atoms with Crippen molar-refractivity contribution in [2.24, 2.45) is 5.92 Å². The highest BCUT2D eigenvalue weighted by atomic mass is 16.5. The summed E-state index contributed by atoms with van der Waals surface area (Å²) in [6, 6.07) is 12.2. The minimum absolute atomic E-state index is 0.0363. The van der Waals surface area contributed by atoms with Crippen LogP contribution in [-0.4, -0.2) is 46.4 Å². The largest absolute Gasteiger partial charge is 0.488 e. The quantitative estimate of drug-likeness (QED) is 0.838. The van der Waals surface area contributed by atoms with Gasteiger partial charge in [0.1, 0.15) is 11.9 Å². The van der Waals surface area contributed by atoms with Crippen molar-refractivity contribution in [3.8, 4) is 5.75 Å². The third-order valence-corrected chi connectivity index (χ3v) is 5.65. The van der Waals surface area contributed by atoms with Gasteiger partial charge < -0.3 is 9.64 Å². The van der Waals surface area contributed by atoms with Crippen molar-refractivity contribution in [1.29, 1.82) is 0 Å². The maximum absolute atomic E-state index is 12.1. The lowest BCUT2D eigenvalue weighted by molar-refractivity contribution is -0.130. The fraction of sp³-hybridized carbons (Fsp3) is 0.455. The molecule has 27 heavy (non-hydrogen) atoms. The second-order valence-corrected chi connectivity index (χ2v) is 7.66. The molecule has 0 saturated carbocycles. The van der Waals surface area contributed by atoms with Crippen LogP contribution in [0.2, 0.25) is 0 Å². The number of nitrogens with zero attached hydrogens (tertiary/aromatic N) is 3. The van der Waals surface area contributed by atoms with Gasteiger partial charge in [0.05, 0.1) is 6.54 Å². The summed E-state index contributed by atoms with van der Waals surface area (Å²) in [7, 11) is 0. The average molecular weight is 365 g/mol. The molecule has 0 radical (unpaired) electrons. The first kappa shape index (κ1) is 18.0. The molecular formula is C22H27N3O2. The van der Waals surface area contributed by atoms with Crippen LogP contribution in [0.25, 0.3) is 0 Å². The Morgan fingerprint density at radius 2 is 2.11 bits per heavy atom. The molecule has 5 nitrogen and oxygen atoms in total. The zero-order valence-electron chi connectivity index (χ0n) is 15.9. The first-order valence-electron chi connectivity index (χ1n) is 9.80. The number of carbonyl (C=O) groups is 1. The molecule has 1 amide bonds. The van der Waals surface area contributed by atoms with E-state index < -0.39 is 0 Å². The van der Waals surface area contributed by atoms with Crippen LogP contribution in [0.5, 0.6) is 5.75 Å². The molecule has 1 saturated heterocycles. The lowest BCUT2D eigenvalue weighted by Gasteiger charge is -2.37. The molecule has 2 atom stereocenters. The molecule has 1 fully saturated rings. The number of piperidine rings is 1. The summed E-state index contributed by atoms with van der Waals surface area (Å²) in [5, 5.41) is 0. The molecule has 0 N–H and O–H groups in total.